The Kier molecular flexibility index (Phi) is 6.85. The number of fused-ring (bicyclic) bond motifs is 2. The molecule has 168 valence electrons. The van der Waals surface area contributed by atoms with Crippen LogP contribution in [0.3, 0.4) is 0 Å². The van der Waals surface area contributed by atoms with Crippen molar-refractivity contribution >= 4 is 11.0 Å². The predicted molar refractivity (Wildman–Crippen MR) is 114 cm³/mol. The molecular formula is C21H28N4O6. The zero-order chi connectivity index (χ0) is 22.9. The first kappa shape index (κ1) is 23.0. The second-order valence-electron chi connectivity index (χ2n) is 7.78. The van der Waals surface area contributed by atoms with E-state index in [1.54, 1.807) is 0 Å². The van der Waals surface area contributed by atoms with Crippen LogP contribution in [0.4, 0.5) is 0 Å². The minimum atomic E-state index is -1.64. The van der Waals surface area contributed by atoms with Crippen LogP contribution in [0.15, 0.2) is 21.7 Å². The molecule has 2 aliphatic heterocycles. The van der Waals surface area contributed by atoms with E-state index in [0.29, 0.717) is 11.0 Å². The van der Waals surface area contributed by atoms with Gasteiger partial charge in [0.1, 0.15) is 18.3 Å². The first-order valence-corrected chi connectivity index (χ1v) is 10.3. The standard InChI is InChI=1S/C21H28N4O6/c1-4-11(5-2)12-7-14-13(6-10(12)3)22-17-19(23-21(31)24-20(17)30)25(14)8-15(27)18(29)16(28)9-26/h6-7,11,15-16,18,26-29H,4-5,8-9H2,1-3H3,(H,24,30,31)/t15-,16+,18-/m1/s1. The van der Waals surface area contributed by atoms with E-state index in [-0.39, 0.29) is 24.0 Å². The molecule has 0 aromatic heterocycles. The molecule has 1 aromatic rings. The summed E-state index contributed by atoms with van der Waals surface area (Å²) in [6, 6.07) is 3.75. The van der Waals surface area contributed by atoms with Crippen LogP contribution >= 0.6 is 0 Å². The number of aliphatic hydroxyl groups is 4. The number of aryl methyl sites for hydroxylation is 1. The van der Waals surface area contributed by atoms with Gasteiger partial charge in [0.15, 0.2) is 11.5 Å². The summed E-state index contributed by atoms with van der Waals surface area (Å²) in [5.74, 6) is 0.243. The fourth-order valence-electron chi connectivity index (χ4n) is 3.97. The van der Waals surface area contributed by atoms with Gasteiger partial charge < -0.3 is 25.0 Å². The first-order valence-electron chi connectivity index (χ1n) is 10.3. The number of benzene rings is 1. The molecule has 2 aliphatic rings. The van der Waals surface area contributed by atoms with E-state index in [1.807, 2.05) is 19.1 Å². The zero-order valence-electron chi connectivity index (χ0n) is 17.7. The number of aromatic amines is 1. The highest BCUT2D eigenvalue weighted by atomic mass is 16.4. The van der Waals surface area contributed by atoms with Crippen LogP contribution < -0.4 is 11.2 Å². The zero-order valence-corrected chi connectivity index (χ0v) is 17.7. The molecule has 1 aromatic carbocycles. The van der Waals surface area contributed by atoms with Crippen LogP contribution in [-0.2, 0) is 6.54 Å². The van der Waals surface area contributed by atoms with Gasteiger partial charge in [-0.2, -0.15) is 4.98 Å². The summed E-state index contributed by atoms with van der Waals surface area (Å²) in [5.41, 5.74) is 1.43. The normalized spacial score (nSPS) is 15.0. The maximum Gasteiger partial charge on any atom is 0.349 e. The van der Waals surface area contributed by atoms with Crippen molar-refractivity contribution in [1.82, 2.24) is 19.5 Å². The van der Waals surface area contributed by atoms with Crippen molar-refractivity contribution in [2.45, 2.75) is 64.4 Å². The van der Waals surface area contributed by atoms with Gasteiger partial charge in [0, 0.05) is 0 Å². The van der Waals surface area contributed by atoms with E-state index >= 15 is 0 Å². The number of aliphatic hydroxyl groups excluding tert-OH is 4. The van der Waals surface area contributed by atoms with E-state index in [4.69, 9.17) is 5.11 Å². The maximum absolute atomic E-state index is 12.4. The van der Waals surface area contributed by atoms with E-state index in [1.165, 1.54) is 4.57 Å². The lowest BCUT2D eigenvalue weighted by Crippen LogP contribution is -2.42. The van der Waals surface area contributed by atoms with Crippen LogP contribution in [0, 0.1) is 6.92 Å². The van der Waals surface area contributed by atoms with Crippen molar-refractivity contribution in [3.63, 3.8) is 0 Å². The minimum Gasteiger partial charge on any atom is -0.394 e. The molecule has 0 bridgehead atoms. The summed E-state index contributed by atoms with van der Waals surface area (Å²) >= 11 is 0. The fraction of sp³-hybridized carbons (Fsp3) is 0.524. The molecule has 5 N–H and O–H groups in total. The number of nitrogens with one attached hydrogen (secondary N) is 1. The van der Waals surface area contributed by atoms with Gasteiger partial charge in [0.25, 0.3) is 5.56 Å². The molecule has 10 nitrogen and oxygen atoms in total. The molecule has 0 unspecified atom stereocenters. The lowest BCUT2D eigenvalue weighted by Gasteiger charge is -2.25. The highest BCUT2D eigenvalue weighted by Crippen LogP contribution is 2.31. The van der Waals surface area contributed by atoms with E-state index in [9.17, 15) is 24.9 Å². The third kappa shape index (κ3) is 4.38. The van der Waals surface area contributed by atoms with Gasteiger partial charge >= 0.3 is 5.69 Å². The highest BCUT2D eigenvalue weighted by Gasteiger charge is 2.28. The Balaban J connectivity index is 2.31. The Labute approximate surface area is 178 Å². The number of aromatic nitrogens is 4. The van der Waals surface area contributed by atoms with Crippen molar-refractivity contribution in [3.05, 3.63) is 44.1 Å². The molecular weight excluding hydrogens is 404 g/mol. The van der Waals surface area contributed by atoms with Gasteiger partial charge in [0.2, 0.25) is 0 Å². The minimum absolute atomic E-state index is 0.0367. The summed E-state index contributed by atoms with van der Waals surface area (Å²) in [4.78, 5) is 34.6. The van der Waals surface area contributed by atoms with E-state index in [0.717, 1.165) is 24.0 Å². The summed E-state index contributed by atoms with van der Waals surface area (Å²) in [7, 11) is 0. The molecule has 31 heavy (non-hydrogen) atoms. The Hall–Kier alpha value is -2.66. The molecule has 3 atom stereocenters. The Morgan fingerprint density at radius 3 is 2.35 bits per heavy atom. The van der Waals surface area contributed by atoms with Crippen LogP contribution in [-0.4, -0.2) is 64.9 Å². The average molecular weight is 432 g/mol. The quantitative estimate of drug-likeness (QED) is 0.308. The van der Waals surface area contributed by atoms with Crippen molar-refractivity contribution < 1.29 is 20.4 Å². The van der Waals surface area contributed by atoms with E-state index < -0.39 is 36.2 Å². The molecule has 0 radical (unpaired) electrons. The molecule has 0 aliphatic carbocycles. The van der Waals surface area contributed by atoms with Gasteiger partial charge in [0.05, 0.1) is 24.2 Å². The largest absolute Gasteiger partial charge is 0.394 e. The molecule has 10 heteroatoms. The van der Waals surface area contributed by atoms with Crippen LogP contribution in [0.5, 0.6) is 0 Å². The summed E-state index contributed by atoms with van der Waals surface area (Å²) in [6.07, 6.45) is -2.88. The SMILES string of the molecule is CCC(CC)c1cc2c(cc1C)nc1c(=O)[nH]c(=O)nc-1n2C[C@@H](O)[C@@H](O)[C@@H](O)CO. The Morgan fingerprint density at radius 2 is 1.74 bits per heavy atom. The third-order valence-electron chi connectivity index (χ3n) is 5.77. The molecule has 0 fully saturated rings. The number of hydrogen-bond donors (Lipinski definition) is 5. The molecule has 0 saturated heterocycles. The lowest BCUT2D eigenvalue weighted by atomic mass is 9.90. The molecule has 0 amide bonds. The van der Waals surface area contributed by atoms with Gasteiger partial charge in [-0.25, -0.2) is 9.78 Å². The van der Waals surface area contributed by atoms with E-state index in [2.05, 4.69) is 28.8 Å². The van der Waals surface area contributed by atoms with Gasteiger partial charge in [-0.15, -0.1) is 0 Å². The monoisotopic (exact) mass is 432 g/mol. The van der Waals surface area contributed by atoms with Gasteiger partial charge in [-0.1, -0.05) is 13.8 Å². The Bertz CT molecular complexity index is 1150. The predicted octanol–water partition coefficient (Wildman–Crippen LogP) is -0.128. The number of H-pyrrole nitrogens is 1. The maximum atomic E-state index is 12.4. The second kappa shape index (κ2) is 9.23. The number of hydrogen-bond acceptors (Lipinski definition) is 8. The van der Waals surface area contributed by atoms with Crippen LogP contribution in [0.1, 0.15) is 43.7 Å². The van der Waals surface area contributed by atoms with Crippen LogP contribution in [0.25, 0.3) is 22.6 Å². The van der Waals surface area contributed by atoms with Crippen molar-refractivity contribution in [2.24, 2.45) is 0 Å². The molecule has 2 heterocycles. The topological polar surface area (TPSA) is 162 Å². The summed E-state index contributed by atoms with van der Waals surface area (Å²) in [6.45, 7) is 5.12. The van der Waals surface area contributed by atoms with Crippen molar-refractivity contribution in [2.75, 3.05) is 6.61 Å². The first-order chi connectivity index (χ1) is 14.7. The third-order valence-corrected chi connectivity index (χ3v) is 5.77. The van der Waals surface area contributed by atoms with Gasteiger partial charge in [-0.3, -0.25) is 9.78 Å². The number of nitrogens with zero attached hydrogens (tertiary/aromatic N) is 3. The molecule has 0 saturated carbocycles. The van der Waals surface area contributed by atoms with Crippen molar-refractivity contribution in [1.29, 1.82) is 0 Å². The number of rotatable bonds is 8. The fourth-order valence-corrected chi connectivity index (χ4v) is 3.97. The summed E-state index contributed by atoms with van der Waals surface area (Å²) < 4.78 is 1.46. The molecule has 0 spiro atoms. The average Bonchev–Trinajstić information content (AvgIpc) is 2.74. The van der Waals surface area contributed by atoms with Crippen molar-refractivity contribution in [3.8, 4) is 11.5 Å². The Morgan fingerprint density at radius 1 is 1.06 bits per heavy atom. The molecule has 3 rings (SSSR count). The highest BCUT2D eigenvalue weighted by molar-refractivity contribution is 5.81. The van der Waals surface area contributed by atoms with Crippen LogP contribution in [0.2, 0.25) is 0 Å². The van der Waals surface area contributed by atoms with Gasteiger partial charge in [-0.05, 0) is 48.9 Å². The second-order valence-corrected chi connectivity index (χ2v) is 7.78. The smallest absolute Gasteiger partial charge is 0.349 e. The summed E-state index contributed by atoms with van der Waals surface area (Å²) in [5, 5.41) is 39.4. The lowest BCUT2D eigenvalue weighted by molar-refractivity contribution is -0.0802.